The molecule has 1 aromatic rings. The summed E-state index contributed by atoms with van der Waals surface area (Å²) in [5.41, 5.74) is 6.50. The number of esters is 1. The van der Waals surface area contributed by atoms with Crippen LogP contribution in [0.4, 0.5) is 9.59 Å². The van der Waals surface area contributed by atoms with Crippen LogP contribution in [0, 0.1) is 57.7 Å². The van der Waals surface area contributed by atoms with E-state index >= 15 is 0 Å². The first-order chi connectivity index (χ1) is 41.2. The molecule has 1 saturated carbocycles. The first kappa shape index (κ1) is 78.0. The van der Waals surface area contributed by atoms with Crippen LogP contribution in [0.2, 0.25) is 0 Å². The topological polar surface area (TPSA) is 352 Å². The number of nitrogens with one attached hydrogen (secondary N) is 4. The predicted molar refractivity (Wildman–Crippen MR) is 338 cm³/mol. The maximum Gasteiger partial charge on any atom is 0.407 e. The molecule has 24 nitrogen and oxygen atoms in total. The second-order valence-electron chi connectivity index (χ2n) is 20.7. The number of rotatable bonds is 36. The Morgan fingerprint density at radius 3 is 2.12 bits per heavy atom. The third-order valence-electron chi connectivity index (χ3n) is 13.9. The molecular weight excluding hydrogens is 1230 g/mol. The molecule has 2 aliphatic carbocycles. The molecule has 1 aromatic carbocycles. The second kappa shape index (κ2) is 44.4. The highest BCUT2D eigenvalue weighted by Crippen LogP contribution is 2.52. The Morgan fingerprint density at radius 2 is 1.50 bits per heavy atom. The van der Waals surface area contributed by atoms with E-state index < -0.39 is 76.6 Å². The van der Waals surface area contributed by atoms with Gasteiger partial charge in [0.1, 0.15) is 18.8 Å². The Kier molecular flexibility index (Phi) is 40.3. The van der Waals surface area contributed by atoms with Gasteiger partial charge in [0.2, 0.25) is 11.8 Å². The maximum atomic E-state index is 14.1. The van der Waals surface area contributed by atoms with Crippen LogP contribution in [0.5, 0.6) is 0 Å². The number of aliphatic hydroxyl groups excluding tert-OH is 4. The van der Waals surface area contributed by atoms with Gasteiger partial charge in [0.05, 0.1) is 92.5 Å². The average Bonchev–Trinajstić information content (AvgIpc) is 1.73. The van der Waals surface area contributed by atoms with Crippen molar-refractivity contribution in [1.82, 2.24) is 21.3 Å². The number of nitrogens with zero attached hydrogens (tertiary/aromatic N) is 4. The highest BCUT2D eigenvalue weighted by atomic mass is 33.1. The van der Waals surface area contributed by atoms with Crippen molar-refractivity contribution in [3.63, 3.8) is 0 Å². The van der Waals surface area contributed by atoms with Crippen LogP contribution in [0.3, 0.4) is 0 Å². The van der Waals surface area contributed by atoms with Gasteiger partial charge in [-0.1, -0.05) is 114 Å². The summed E-state index contributed by atoms with van der Waals surface area (Å²) in [5.74, 6) is 7.73. The number of hydrogen-bond donors (Lipinski definition) is 8. The fourth-order valence-corrected chi connectivity index (χ4v) is 13.1. The van der Waals surface area contributed by atoms with Crippen LogP contribution >= 0.6 is 52.8 Å². The minimum absolute atomic E-state index is 0.0303. The smallest absolute Gasteiger partial charge is 0.407 e. The normalized spacial score (nSPS) is 22.1. The van der Waals surface area contributed by atoms with Crippen molar-refractivity contribution in [3.8, 4) is 17.9 Å². The van der Waals surface area contributed by atoms with Crippen LogP contribution in [0.25, 0.3) is 10.4 Å². The van der Waals surface area contributed by atoms with Crippen molar-refractivity contribution in [2.45, 2.75) is 108 Å². The molecular formula is C55H84BN8O16PS5. The molecule has 1 heterocycles. The first-order valence-corrected chi connectivity index (χ1v) is 33.8. The number of thiocarbonyl (C=S) groups is 1. The van der Waals surface area contributed by atoms with Crippen LogP contribution in [0.1, 0.15) is 84.6 Å². The van der Waals surface area contributed by atoms with E-state index in [2.05, 4.69) is 68.6 Å². The Labute approximate surface area is 530 Å². The van der Waals surface area contributed by atoms with Gasteiger partial charge in [0, 0.05) is 73.7 Å². The van der Waals surface area contributed by atoms with Gasteiger partial charge in [-0.25, -0.2) is 9.59 Å². The fourth-order valence-electron chi connectivity index (χ4n) is 9.53. The van der Waals surface area contributed by atoms with Gasteiger partial charge in [0.25, 0.3) is 0 Å². The zero-order chi connectivity index (χ0) is 63.8. The molecule has 5 unspecified atom stereocenters. The monoisotopic (exact) mass is 1310 g/mol. The van der Waals surface area contributed by atoms with Crippen molar-refractivity contribution in [3.05, 3.63) is 46.3 Å². The van der Waals surface area contributed by atoms with Crippen molar-refractivity contribution in [2.24, 2.45) is 39.6 Å². The number of azide groups is 1. The first-order valence-electron chi connectivity index (χ1n) is 28.1. The number of ether oxygens (including phenoxy) is 7. The Balaban J connectivity index is 0.000000676. The van der Waals surface area contributed by atoms with Gasteiger partial charge in [-0.15, -0.1) is 11.8 Å². The number of thioether (sulfide) groups is 1. The highest BCUT2D eigenvalue weighted by Gasteiger charge is 2.50. The SMILES string of the molecule is CNC(=O)OCCSSCCOCCNC(=O)OCC1C2CCC#CCCC21.C[C@@H]1[C@@H](OCCOCCNC(=O)C(C)(CC(C)(CC(C)(C#N)CCC(=O)OCCN=[N+]=[N-])C(=O)NCCO)SC(=S)c2ccccc2)O[C@@H](CO)[C@@H](O)[C@H]1O.[B]P=S. The molecule has 1 aliphatic heterocycles. The molecule has 8 N–H and O–H groups in total. The summed E-state index contributed by atoms with van der Waals surface area (Å²) >= 11 is 11.0. The van der Waals surface area contributed by atoms with Gasteiger partial charge >= 0.3 is 18.2 Å². The number of nitriles is 1. The maximum absolute atomic E-state index is 14.1. The van der Waals surface area contributed by atoms with Gasteiger partial charge in [-0.2, -0.15) is 5.26 Å². The molecule has 1 saturated heterocycles. The Bertz CT molecular complexity index is 2380. The number of benzene rings is 1. The summed E-state index contributed by atoms with van der Waals surface area (Å²) in [4.78, 5) is 65.6. The van der Waals surface area contributed by atoms with E-state index in [9.17, 15) is 49.7 Å². The third kappa shape index (κ3) is 30.4. The van der Waals surface area contributed by atoms with Gasteiger partial charge < -0.3 is 74.9 Å². The molecule has 0 spiro atoms. The van der Waals surface area contributed by atoms with Crippen LogP contribution in [0.15, 0.2) is 35.4 Å². The number of fused-ring (bicyclic) bond motifs is 1. The summed E-state index contributed by atoms with van der Waals surface area (Å²) < 4.78 is 36.7. The number of carbonyl (C=O) groups is 5. The molecule has 31 heteroatoms. The summed E-state index contributed by atoms with van der Waals surface area (Å²) in [7, 11) is 9.97. The van der Waals surface area contributed by atoms with E-state index in [-0.39, 0.29) is 84.4 Å². The molecule has 0 bridgehead atoms. The molecule has 3 aliphatic rings. The van der Waals surface area contributed by atoms with Gasteiger partial charge in [-0.3, -0.25) is 14.4 Å². The lowest BCUT2D eigenvalue weighted by molar-refractivity contribution is -0.284. The zero-order valence-corrected chi connectivity index (χ0v) is 54.5. The Morgan fingerprint density at radius 1 is 0.872 bits per heavy atom. The number of aliphatic hydroxyl groups is 4. The highest BCUT2D eigenvalue weighted by molar-refractivity contribution is 8.76. The molecule has 2 radical (unpaired) electrons. The second-order valence-corrected chi connectivity index (χ2v) is 26.5. The quantitative estimate of drug-likeness (QED) is 0.00350. The van der Waals surface area contributed by atoms with Crippen molar-refractivity contribution in [2.75, 3.05) is 111 Å². The van der Waals surface area contributed by atoms with Crippen molar-refractivity contribution >= 4 is 106 Å². The summed E-state index contributed by atoms with van der Waals surface area (Å²) in [6.45, 7) is 8.27. The van der Waals surface area contributed by atoms with E-state index in [0.29, 0.717) is 67.7 Å². The van der Waals surface area contributed by atoms with Crippen LogP contribution in [-0.4, -0.2) is 202 Å². The van der Waals surface area contributed by atoms with Crippen LogP contribution < -0.4 is 21.3 Å². The van der Waals surface area contributed by atoms with E-state index in [0.717, 1.165) is 49.0 Å². The zero-order valence-electron chi connectivity index (χ0n) is 49.5. The summed E-state index contributed by atoms with van der Waals surface area (Å²) in [6.07, 6.45) is -1.08. The molecule has 4 amide bonds. The minimum Gasteiger partial charge on any atom is -0.466 e. The number of hydrogen-bond acceptors (Lipinski definition) is 23. The summed E-state index contributed by atoms with van der Waals surface area (Å²) in [6, 6.07) is 11.3. The van der Waals surface area contributed by atoms with E-state index in [4.69, 9.17) is 50.9 Å². The van der Waals surface area contributed by atoms with Gasteiger partial charge in [0.15, 0.2) is 13.9 Å². The third-order valence-corrected chi connectivity index (χ3v) is 17.9. The molecule has 86 heavy (non-hydrogen) atoms. The Hall–Kier alpha value is -4.07. The molecule has 0 aromatic heterocycles. The average molecular weight is 1320 g/mol. The van der Waals surface area contributed by atoms with Crippen LogP contribution in [-0.2, 0) is 59.3 Å². The standard InChI is InChI=1S/C36H54N6O11S2.C19H30N2O5S2.BPS/c1-24-28(46)29(47)26(20-44)53-30(24)52-19-18-50-16-13-40-33(49)36(4,55-31(54)25-8-6-5-7-9-25)22-35(3,32(48)39-12-15-43)21-34(2,23-37)11-10-27(45)51-17-14-41-42-38;1-20-18(22)25-11-13-28-27-12-10-24-9-8-21-19(23)26-14-17-15-6-4-2-3-5-7-16(15)17;1-2-3/h5-9,24,26,28-30,43-44,46-47H,10-22H2,1-4H3,(H,39,48)(H,40,49);15-17H,4-14H2,1H3,(H,20,22)(H,21,23);/t24-,26-,28-,29+,30-,34?,35?,36?;;/m0../s1. The largest absolute Gasteiger partial charge is 0.466 e. The predicted octanol–water partition coefficient (Wildman–Crippen LogP) is 5.52. The lowest BCUT2D eigenvalue weighted by Crippen LogP contribution is -2.55. The number of alkyl carbamates (subject to hydrolysis) is 2. The summed E-state index contributed by atoms with van der Waals surface area (Å²) in [5, 5.41) is 63.5. The van der Waals surface area contributed by atoms with Crippen molar-refractivity contribution in [1.29, 1.82) is 5.26 Å². The molecule has 2 fully saturated rings. The lowest BCUT2D eigenvalue weighted by Gasteiger charge is -2.40. The van der Waals surface area contributed by atoms with Crippen molar-refractivity contribution < 1.29 is 77.6 Å². The molecule has 4 rings (SSSR count). The molecule has 478 valence electrons. The lowest BCUT2D eigenvalue weighted by atomic mass is 9.67. The number of carbonyl (C=O) groups excluding carboxylic acids is 5. The van der Waals surface area contributed by atoms with E-state index in [1.54, 1.807) is 61.4 Å². The molecule has 10 atom stereocenters. The van der Waals surface area contributed by atoms with E-state index in [1.807, 2.05) is 18.2 Å². The number of amides is 4. The fraction of sp³-hybridized carbons (Fsp3) is 0.727. The van der Waals surface area contributed by atoms with Gasteiger partial charge in [-0.05, 0) is 74.8 Å². The van der Waals surface area contributed by atoms with E-state index in [1.165, 1.54) is 7.05 Å². The minimum atomic E-state index is -1.39.